The van der Waals surface area contributed by atoms with Gasteiger partial charge in [0, 0.05) is 7.05 Å². The molecule has 0 spiro atoms. The first-order valence-corrected chi connectivity index (χ1v) is 7.79. The summed E-state index contributed by atoms with van der Waals surface area (Å²) in [6, 6.07) is 5.45. The quantitative estimate of drug-likeness (QED) is 0.848. The molecule has 20 heavy (non-hydrogen) atoms. The van der Waals surface area contributed by atoms with Gasteiger partial charge in [0.05, 0.1) is 23.0 Å². The summed E-state index contributed by atoms with van der Waals surface area (Å²) < 4.78 is 44.3. The number of nitrogens with zero attached hydrogens (tertiary/aromatic N) is 1. The van der Waals surface area contributed by atoms with Crippen LogP contribution >= 0.6 is 15.9 Å². The van der Waals surface area contributed by atoms with Gasteiger partial charge in [0.25, 0.3) is 0 Å². The maximum Gasteiger partial charge on any atom is 0.245 e. The summed E-state index contributed by atoms with van der Waals surface area (Å²) >= 11 is 2.95. The lowest BCUT2D eigenvalue weighted by molar-refractivity contribution is 0.406. The lowest BCUT2D eigenvalue weighted by Crippen LogP contribution is -2.27. The van der Waals surface area contributed by atoms with Crippen molar-refractivity contribution in [3.8, 4) is 0 Å². The van der Waals surface area contributed by atoms with Crippen LogP contribution in [0.25, 0.3) is 0 Å². The average molecular weight is 363 g/mol. The Bertz CT molecular complexity index is 717. The zero-order valence-electron chi connectivity index (χ0n) is 10.5. The molecule has 0 radical (unpaired) electrons. The molecule has 0 unspecified atom stereocenters. The van der Waals surface area contributed by atoms with E-state index in [9.17, 15) is 12.8 Å². The molecule has 8 heteroatoms. The monoisotopic (exact) mass is 362 g/mol. The zero-order valence-corrected chi connectivity index (χ0v) is 12.9. The molecular weight excluding hydrogens is 351 g/mol. The van der Waals surface area contributed by atoms with E-state index in [2.05, 4.69) is 15.9 Å². The van der Waals surface area contributed by atoms with Gasteiger partial charge in [0.1, 0.15) is 16.5 Å². The molecule has 0 fully saturated rings. The van der Waals surface area contributed by atoms with Crippen molar-refractivity contribution < 1.29 is 17.2 Å². The summed E-state index contributed by atoms with van der Waals surface area (Å²) in [5.41, 5.74) is 5.46. The van der Waals surface area contributed by atoms with Crippen LogP contribution < -0.4 is 5.73 Å². The van der Waals surface area contributed by atoms with Gasteiger partial charge in [0.2, 0.25) is 10.0 Å². The number of benzene rings is 1. The molecule has 0 amide bonds. The van der Waals surface area contributed by atoms with Crippen molar-refractivity contribution in [3.05, 3.63) is 46.6 Å². The van der Waals surface area contributed by atoms with E-state index in [0.29, 0.717) is 5.76 Å². The fourth-order valence-corrected chi connectivity index (χ4v) is 3.39. The average Bonchev–Trinajstić information content (AvgIpc) is 2.86. The van der Waals surface area contributed by atoms with Crippen molar-refractivity contribution in [1.29, 1.82) is 0 Å². The van der Waals surface area contributed by atoms with Gasteiger partial charge in [-0.3, -0.25) is 0 Å². The Morgan fingerprint density at radius 3 is 2.75 bits per heavy atom. The first-order chi connectivity index (χ1) is 9.32. The van der Waals surface area contributed by atoms with Crippen LogP contribution in [0, 0.1) is 5.82 Å². The van der Waals surface area contributed by atoms with Crippen LogP contribution in [0.15, 0.2) is 44.3 Å². The highest BCUT2D eigenvalue weighted by Gasteiger charge is 2.25. The molecule has 0 saturated heterocycles. The Balaban J connectivity index is 2.37. The second kappa shape index (κ2) is 5.55. The van der Waals surface area contributed by atoms with Crippen molar-refractivity contribution in [2.24, 2.45) is 0 Å². The molecule has 0 bridgehead atoms. The fraction of sp³-hybridized carbons (Fsp3) is 0.167. The number of sulfonamides is 1. The van der Waals surface area contributed by atoms with Crippen molar-refractivity contribution >= 4 is 31.6 Å². The van der Waals surface area contributed by atoms with Crippen molar-refractivity contribution in [1.82, 2.24) is 4.31 Å². The summed E-state index contributed by atoms with van der Waals surface area (Å²) in [5.74, 6) is -0.119. The van der Waals surface area contributed by atoms with Crippen LogP contribution in [0.5, 0.6) is 0 Å². The van der Waals surface area contributed by atoms with Crippen LogP contribution in [-0.4, -0.2) is 19.8 Å². The van der Waals surface area contributed by atoms with Crippen molar-refractivity contribution in [2.75, 3.05) is 12.8 Å². The second-order valence-electron chi connectivity index (χ2n) is 4.14. The topological polar surface area (TPSA) is 76.5 Å². The molecule has 1 aromatic carbocycles. The lowest BCUT2D eigenvalue weighted by atomic mass is 10.3. The van der Waals surface area contributed by atoms with E-state index in [1.54, 1.807) is 12.1 Å². The molecule has 2 N–H and O–H groups in total. The molecular formula is C12H12BrFN2O3S. The number of hydrogen-bond donors (Lipinski definition) is 1. The first-order valence-electron chi connectivity index (χ1n) is 5.55. The number of hydrogen-bond acceptors (Lipinski definition) is 4. The zero-order chi connectivity index (χ0) is 14.9. The van der Waals surface area contributed by atoms with E-state index in [-0.39, 0.29) is 21.6 Å². The number of furan rings is 1. The maximum atomic E-state index is 13.3. The summed E-state index contributed by atoms with van der Waals surface area (Å²) in [4.78, 5) is -0.153. The smallest absolute Gasteiger partial charge is 0.245 e. The van der Waals surface area contributed by atoms with E-state index < -0.39 is 15.8 Å². The fourth-order valence-electron chi connectivity index (χ4n) is 1.64. The Morgan fingerprint density at radius 1 is 1.45 bits per heavy atom. The molecule has 5 nitrogen and oxygen atoms in total. The summed E-state index contributed by atoms with van der Waals surface area (Å²) in [5, 5.41) is 0. The highest BCUT2D eigenvalue weighted by atomic mass is 79.9. The highest BCUT2D eigenvalue weighted by Crippen LogP contribution is 2.28. The second-order valence-corrected chi connectivity index (χ2v) is 7.01. The van der Waals surface area contributed by atoms with Gasteiger partial charge in [-0.1, -0.05) is 0 Å². The molecule has 1 heterocycles. The molecule has 0 saturated carbocycles. The maximum absolute atomic E-state index is 13.3. The van der Waals surface area contributed by atoms with E-state index in [1.165, 1.54) is 13.3 Å². The van der Waals surface area contributed by atoms with Gasteiger partial charge in [0.15, 0.2) is 0 Å². The predicted octanol–water partition coefficient (Wildman–Crippen LogP) is 2.58. The number of halogens is 2. The minimum Gasteiger partial charge on any atom is -0.468 e. The molecule has 0 aliphatic rings. The standard InChI is InChI=1S/C12H12BrFN2O3S/c1-16(7-8-3-2-4-19-8)20(17,18)12-5-9(13)10(14)6-11(12)15/h2-6H,7,15H2,1H3. The van der Waals surface area contributed by atoms with E-state index in [4.69, 9.17) is 10.2 Å². The number of anilines is 1. The van der Waals surface area contributed by atoms with Crippen molar-refractivity contribution in [3.63, 3.8) is 0 Å². The van der Waals surface area contributed by atoms with Crippen LogP contribution in [-0.2, 0) is 16.6 Å². The predicted molar refractivity (Wildman–Crippen MR) is 75.9 cm³/mol. The third-order valence-electron chi connectivity index (χ3n) is 2.70. The van der Waals surface area contributed by atoms with E-state index >= 15 is 0 Å². The van der Waals surface area contributed by atoms with E-state index in [0.717, 1.165) is 16.4 Å². The Hall–Kier alpha value is -1.38. The van der Waals surface area contributed by atoms with Crippen molar-refractivity contribution in [2.45, 2.75) is 11.4 Å². The SMILES string of the molecule is CN(Cc1ccco1)S(=O)(=O)c1cc(Br)c(F)cc1N. The third kappa shape index (κ3) is 2.87. The van der Waals surface area contributed by atoms with Gasteiger partial charge in [-0.2, -0.15) is 4.31 Å². The largest absolute Gasteiger partial charge is 0.468 e. The number of nitrogens with two attached hydrogens (primary N) is 1. The van der Waals surface area contributed by atoms with Crippen LogP contribution in [0.2, 0.25) is 0 Å². The molecule has 2 rings (SSSR count). The summed E-state index contributed by atoms with van der Waals surface area (Å²) in [6.45, 7) is 0.0593. The van der Waals surface area contributed by atoms with Gasteiger partial charge in [-0.05, 0) is 40.2 Å². The number of rotatable bonds is 4. The van der Waals surface area contributed by atoms with Gasteiger partial charge in [-0.15, -0.1) is 0 Å². The highest BCUT2D eigenvalue weighted by molar-refractivity contribution is 9.10. The summed E-state index contributed by atoms with van der Waals surface area (Å²) in [7, 11) is -2.44. The first kappa shape index (κ1) is 15.0. The van der Waals surface area contributed by atoms with E-state index in [1.807, 2.05) is 0 Å². The lowest BCUT2D eigenvalue weighted by Gasteiger charge is -2.17. The molecule has 108 valence electrons. The minimum absolute atomic E-state index is 0.0386. The number of nitrogen functional groups attached to an aromatic ring is 1. The van der Waals surface area contributed by atoms with Crippen LogP contribution in [0.3, 0.4) is 0 Å². The minimum atomic E-state index is -3.83. The molecule has 2 aromatic rings. The normalized spacial score (nSPS) is 12.0. The molecule has 1 aromatic heterocycles. The molecule has 0 aliphatic carbocycles. The Kier molecular flexibility index (Phi) is 4.17. The molecule has 0 atom stereocenters. The van der Waals surface area contributed by atoms with Crippen LogP contribution in [0.1, 0.15) is 5.76 Å². The Labute approximate surface area is 124 Å². The molecule has 0 aliphatic heterocycles. The van der Waals surface area contributed by atoms with Gasteiger partial charge >= 0.3 is 0 Å². The van der Waals surface area contributed by atoms with Gasteiger partial charge in [-0.25, -0.2) is 12.8 Å². The van der Waals surface area contributed by atoms with Crippen LogP contribution in [0.4, 0.5) is 10.1 Å². The summed E-state index contributed by atoms with van der Waals surface area (Å²) in [6.07, 6.45) is 1.46. The van der Waals surface area contributed by atoms with Gasteiger partial charge < -0.3 is 10.2 Å². The third-order valence-corrected chi connectivity index (χ3v) is 5.17. The Morgan fingerprint density at radius 2 is 2.15 bits per heavy atom.